The number of amides is 1. The third-order valence-electron chi connectivity index (χ3n) is 2.58. The van der Waals surface area contributed by atoms with Crippen LogP contribution in [0.5, 0.6) is 0 Å². The van der Waals surface area contributed by atoms with Crippen molar-refractivity contribution in [2.75, 3.05) is 6.54 Å². The van der Waals surface area contributed by atoms with Crippen molar-refractivity contribution in [2.24, 2.45) is 17.4 Å². The van der Waals surface area contributed by atoms with Gasteiger partial charge in [0.05, 0.1) is 6.04 Å². The zero-order valence-corrected chi connectivity index (χ0v) is 10.5. The van der Waals surface area contributed by atoms with E-state index in [2.05, 4.69) is 5.32 Å². The Morgan fingerprint density at radius 1 is 1.24 bits per heavy atom. The third-order valence-corrected chi connectivity index (χ3v) is 2.58. The smallest absolute Gasteiger partial charge is 0.320 e. The second-order valence-electron chi connectivity index (χ2n) is 4.50. The first-order valence-corrected chi connectivity index (χ1v) is 5.88. The number of hydrogen-bond donors (Lipinski definition) is 4. The van der Waals surface area contributed by atoms with Gasteiger partial charge < -0.3 is 21.9 Å². The van der Waals surface area contributed by atoms with E-state index in [0.717, 1.165) is 0 Å². The SMILES string of the molecule is CC(C)[C@@H](N)C(=O)NCCCC[C@@H](N)C(=O)O. The molecule has 6 nitrogen and oxygen atoms in total. The number of carbonyl (C=O) groups excluding carboxylic acids is 1. The van der Waals surface area contributed by atoms with Gasteiger partial charge >= 0.3 is 5.97 Å². The van der Waals surface area contributed by atoms with Gasteiger partial charge in [0, 0.05) is 6.54 Å². The quantitative estimate of drug-likeness (QED) is 0.437. The summed E-state index contributed by atoms with van der Waals surface area (Å²) in [5.74, 6) is -1.05. The Morgan fingerprint density at radius 3 is 2.29 bits per heavy atom. The van der Waals surface area contributed by atoms with Crippen LogP contribution in [0.25, 0.3) is 0 Å². The van der Waals surface area contributed by atoms with E-state index in [9.17, 15) is 9.59 Å². The van der Waals surface area contributed by atoms with Gasteiger partial charge in [0.2, 0.25) is 5.91 Å². The van der Waals surface area contributed by atoms with Gasteiger partial charge in [-0.3, -0.25) is 9.59 Å². The maximum absolute atomic E-state index is 11.4. The number of unbranched alkanes of at least 4 members (excludes halogenated alkanes) is 1. The van der Waals surface area contributed by atoms with Crippen molar-refractivity contribution in [2.45, 2.75) is 45.2 Å². The van der Waals surface area contributed by atoms with Gasteiger partial charge in [0.1, 0.15) is 6.04 Å². The highest BCUT2D eigenvalue weighted by Gasteiger charge is 2.16. The molecule has 6 heteroatoms. The number of nitrogens with one attached hydrogen (secondary N) is 1. The average Bonchev–Trinajstić information content (AvgIpc) is 2.26. The predicted octanol–water partition coefficient (Wildman–Crippen LogP) is -0.332. The molecule has 1 amide bonds. The van der Waals surface area contributed by atoms with E-state index in [1.165, 1.54) is 0 Å². The Morgan fingerprint density at radius 2 is 1.82 bits per heavy atom. The van der Waals surface area contributed by atoms with Gasteiger partial charge in [0.25, 0.3) is 0 Å². The molecular formula is C11H23N3O3. The van der Waals surface area contributed by atoms with Crippen LogP contribution in [0.4, 0.5) is 0 Å². The number of carbonyl (C=O) groups is 2. The molecule has 0 saturated heterocycles. The van der Waals surface area contributed by atoms with Crippen LogP contribution in [0, 0.1) is 5.92 Å². The summed E-state index contributed by atoms with van der Waals surface area (Å²) >= 11 is 0. The van der Waals surface area contributed by atoms with Crippen molar-refractivity contribution < 1.29 is 14.7 Å². The molecule has 100 valence electrons. The minimum atomic E-state index is -0.990. The molecule has 0 rings (SSSR count). The second kappa shape index (κ2) is 8.03. The summed E-state index contributed by atoms with van der Waals surface area (Å²) < 4.78 is 0. The molecular weight excluding hydrogens is 222 g/mol. The van der Waals surface area contributed by atoms with Crippen molar-refractivity contribution >= 4 is 11.9 Å². The maximum Gasteiger partial charge on any atom is 0.320 e. The molecule has 0 unspecified atom stereocenters. The molecule has 0 spiro atoms. The molecule has 0 fully saturated rings. The summed E-state index contributed by atoms with van der Waals surface area (Å²) in [6.45, 7) is 4.28. The van der Waals surface area contributed by atoms with E-state index >= 15 is 0 Å². The Kier molecular flexibility index (Phi) is 7.49. The molecule has 6 N–H and O–H groups in total. The molecule has 0 aromatic carbocycles. The molecule has 0 aliphatic heterocycles. The van der Waals surface area contributed by atoms with E-state index in [1.807, 2.05) is 13.8 Å². The van der Waals surface area contributed by atoms with Crippen LogP contribution < -0.4 is 16.8 Å². The van der Waals surface area contributed by atoms with Crippen LogP contribution in [0.2, 0.25) is 0 Å². The highest BCUT2D eigenvalue weighted by atomic mass is 16.4. The lowest BCUT2D eigenvalue weighted by Gasteiger charge is -2.15. The van der Waals surface area contributed by atoms with Gasteiger partial charge in [-0.1, -0.05) is 13.8 Å². The van der Waals surface area contributed by atoms with Crippen molar-refractivity contribution in [3.63, 3.8) is 0 Å². The predicted molar refractivity (Wildman–Crippen MR) is 65.3 cm³/mol. The molecule has 0 heterocycles. The van der Waals surface area contributed by atoms with Crippen LogP contribution in [0.1, 0.15) is 33.1 Å². The zero-order valence-electron chi connectivity index (χ0n) is 10.5. The molecule has 0 aliphatic rings. The van der Waals surface area contributed by atoms with Crippen molar-refractivity contribution in [1.82, 2.24) is 5.32 Å². The monoisotopic (exact) mass is 245 g/mol. The molecule has 0 aliphatic carbocycles. The highest BCUT2D eigenvalue weighted by Crippen LogP contribution is 2.00. The standard InChI is InChI=1S/C11H23N3O3/c1-7(2)9(13)10(15)14-6-4-3-5-8(12)11(16)17/h7-9H,3-6,12-13H2,1-2H3,(H,14,15)(H,16,17)/t8-,9-/m1/s1. The van der Waals surface area contributed by atoms with E-state index in [4.69, 9.17) is 16.6 Å². The fraction of sp³-hybridized carbons (Fsp3) is 0.818. The fourth-order valence-electron chi connectivity index (χ4n) is 1.24. The number of aliphatic carboxylic acids is 1. The summed E-state index contributed by atoms with van der Waals surface area (Å²) in [7, 11) is 0. The first-order valence-electron chi connectivity index (χ1n) is 5.88. The normalized spacial score (nSPS) is 14.4. The van der Waals surface area contributed by atoms with Crippen molar-refractivity contribution in [1.29, 1.82) is 0 Å². The molecule has 0 bridgehead atoms. The minimum Gasteiger partial charge on any atom is -0.480 e. The zero-order chi connectivity index (χ0) is 13.4. The van der Waals surface area contributed by atoms with E-state index in [-0.39, 0.29) is 11.8 Å². The van der Waals surface area contributed by atoms with Gasteiger partial charge in [-0.2, -0.15) is 0 Å². The lowest BCUT2D eigenvalue weighted by molar-refractivity contribution is -0.138. The van der Waals surface area contributed by atoms with Gasteiger partial charge in [-0.15, -0.1) is 0 Å². The third kappa shape index (κ3) is 6.91. The molecule has 0 saturated carbocycles. The van der Waals surface area contributed by atoms with E-state index < -0.39 is 18.1 Å². The van der Waals surface area contributed by atoms with Gasteiger partial charge in [-0.05, 0) is 25.2 Å². The minimum absolute atomic E-state index is 0.107. The Balaban J connectivity index is 3.59. The van der Waals surface area contributed by atoms with Crippen LogP contribution >= 0.6 is 0 Å². The molecule has 0 radical (unpaired) electrons. The van der Waals surface area contributed by atoms with Gasteiger partial charge in [-0.25, -0.2) is 0 Å². The first kappa shape index (κ1) is 15.9. The average molecular weight is 245 g/mol. The lowest BCUT2D eigenvalue weighted by atomic mass is 10.0. The molecule has 0 aromatic heterocycles. The molecule has 0 aromatic rings. The summed E-state index contributed by atoms with van der Waals surface area (Å²) in [6, 6.07) is -1.31. The number of carboxylic acid groups (broad SMARTS) is 1. The number of nitrogens with two attached hydrogens (primary N) is 2. The van der Waals surface area contributed by atoms with Crippen LogP contribution in [0.15, 0.2) is 0 Å². The number of hydrogen-bond acceptors (Lipinski definition) is 4. The van der Waals surface area contributed by atoms with Crippen LogP contribution in [0.3, 0.4) is 0 Å². The molecule has 17 heavy (non-hydrogen) atoms. The first-order chi connectivity index (χ1) is 7.86. The number of rotatable bonds is 8. The lowest BCUT2D eigenvalue weighted by Crippen LogP contribution is -2.44. The topological polar surface area (TPSA) is 118 Å². The Hall–Kier alpha value is -1.14. The van der Waals surface area contributed by atoms with E-state index in [0.29, 0.717) is 25.8 Å². The Bertz CT molecular complexity index is 256. The summed E-state index contributed by atoms with van der Waals surface area (Å²) in [5.41, 5.74) is 11.0. The van der Waals surface area contributed by atoms with Crippen molar-refractivity contribution in [3.8, 4) is 0 Å². The number of carboxylic acids is 1. The fourth-order valence-corrected chi connectivity index (χ4v) is 1.24. The summed E-state index contributed by atoms with van der Waals surface area (Å²) in [6.07, 6.45) is 1.80. The highest BCUT2D eigenvalue weighted by molar-refractivity contribution is 5.81. The summed E-state index contributed by atoms with van der Waals surface area (Å²) in [4.78, 5) is 21.9. The van der Waals surface area contributed by atoms with Crippen LogP contribution in [-0.4, -0.2) is 35.6 Å². The van der Waals surface area contributed by atoms with Crippen molar-refractivity contribution in [3.05, 3.63) is 0 Å². The summed E-state index contributed by atoms with van der Waals surface area (Å²) in [5, 5.41) is 11.3. The van der Waals surface area contributed by atoms with Crippen LogP contribution in [-0.2, 0) is 9.59 Å². The second-order valence-corrected chi connectivity index (χ2v) is 4.50. The molecule has 2 atom stereocenters. The maximum atomic E-state index is 11.4. The largest absolute Gasteiger partial charge is 0.480 e. The Labute approximate surface area is 102 Å². The van der Waals surface area contributed by atoms with Gasteiger partial charge in [0.15, 0.2) is 0 Å². The van der Waals surface area contributed by atoms with E-state index in [1.54, 1.807) is 0 Å².